The third-order valence-electron chi connectivity index (χ3n) is 3.69. The summed E-state index contributed by atoms with van der Waals surface area (Å²) in [5, 5.41) is 9.44. The standard InChI is InChI=1S/C16H14N2O3/c1-19-13-5-9-4-10-8-18-16(21-3)12(7-17)15(10)11(9)6-14(13)20-2/h5-6,8H,4H2,1-3H3. The molecular weight excluding hydrogens is 268 g/mol. The highest BCUT2D eigenvalue weighted by Crippen LogP contribution is 2.45. The van der Waals surface area contributed by atoms with Gasteiger partial charge in [-0.25, -0.2) is 4.98 Å². The van der Waals surface area contributed by atoms with Gasteiger partial charge >= 0.3 is 0 Å². The first kappa shape index (κ1) is 13.3. The van der Waals surface area contributed by atoms with Crippen LogP contribution >= 0.6 is 0 Å². The van der Waals surface area contributed by atoms with Gasteiger partial charge in [0.05, 0.1) is 21.3 Å². The fourth-order valence-electron chi connectivity index (χ4n) is 2.74. The zero-order valence-electron chi connectivity index (χ0n) is 12.1. The van der Waals surface area contributed by atoms with Gasteiger partial charge in [0, 0.05) is 18.2 Å². The molecule has 3 rings (SSSR count). The lowest BCUT2D eigenvalue weighted by molar-refractivity contribution is 0.355. The summed E-state index contributed by atoms with van der Waals surface area (Å²) in [6, 6.07) is 6.04. The van der Waals surface area contributed by atoms with Crippen LogP contribution < -0.4 is 14.2 Å². The summed E-state index contributed by atoms with van der Waals surface area (Å²) >= 11 is 0. The van der Waals surface area contributed by atoms with Gasteiger partial charge in [0.1, 0.15) is 11.6 Å². The summed E-state index contributed by atoms with van der Waals surface area (Å²) in [6.07, 6.45) is 2.48. The van der Waals surface area contributed by atoms with Crippen molar-refractivity contribution >= 4 is 0 Å². The molecule has 0 fully saturated rings. The lowest BCUT2D eigenvalue weighted by Gasteiger charge is -2.11. The summed E-state index contributed by atoms with van der Waals surface area (Å²) < 4.78 is 15.9. The van der Waals surface area contributed by atoms with Crippen molar-refractivity contribution in [1.82, 2.24) is 4.98 Å². The molecule has 1 heterocycles. The van der Waals surface area contributed by atoms with Gasteiger partial charge in [0.2, 0.25) is 5.88 Å². The summed E-state index contributed by atoms with van der Waals surface area (Å²) in [4.78, 5) is 4.20. The third-order valence-corrected chi connectivity index (χ3v) is 3.69. The average molecular weight is 282 g/mol. The molecule has 2 aromatic rings. The lowest BCUT2D eigenvalue weighted by atomic mass is 10.0. The minimum Gasteiger partial charge on any atom is -0.493 e. The highest BCUT2D eigenvalue weighted by molar-refractivity contribution is 5.84. The van der Waals surface area contributed by atoms with E-state index < -0.39 is 0 Å². The molecule has 0 N–H and O–H groups in total. The Hall–Kier alpha value is -2.74. The monoisotopic (exact) mass is 282 g/mol. The summed E-state index contributed by atoms with van der Waals surface area (Å²) in [6.45, 7) is 0. The second-order valence-corrected chi connectivity index (χ2v) is 4.70. The van der Waals surface area contributed by atoms with Gasteiger partial charge in [0.15, 0.2) is 11.5 Å². The van der Waals surface area contributed by atoms with Crippen LogP contribution in [0.1, 0.15) is 16.7 Å². The molecule has 1 aliphatic rings. The second-order valence-electron chi connectivity index (χ2n) is 4.70. The van der Waals surface area contributed by atoms with E-state index in [9.17, 15) is 5.26 Å². The van der Waals surface area contributed by atoms with Crippen LogP contribution in [0.3, 0.4) is 0 Å². The van der Waals surface area contributed by atoms with Crippen LogP contribution in [0.4, 0.5) is 0 Å². The average Bonchev–Trinajstić information content (AvgIpc) is 2.89. The summed E-state index contributed by atoms with van der Waals surface area (Å²) in [5.41, 5.74) is 4.41. The zero-order valence-corrected chi connectivity index (χ0v) is 12.1. The molecule has 0 amide bonds. The first-order valence-electron chi connectivity index (χ1n) is 6.44. The molecule has 0 spiro atoms. The number of fused-ring (bicyclic) bond motifs is 3. The van der Waals surface area contributed by atoms with Gasteiger partial charge in [-0.15, -0.1) is 0 Å². The van der Waals surface area contributed by atoms with Crippen LogP contribution in [-0.4, -0.2) is 26.3 Å². The molecule has 5 nitrogen and oxygen atoms in total. The lowest BCUT2D eigenvalue weighted by Crippen LogP contribution is -1.96. The molecule has 21 heavy (non-hydrogen) atoms. The van der Waals surface area contributed by atoms with Crippen LogP contribution in [0.15, 0.2) is 18.3 Å². The Bertz CT molecular complexity index is 763. The van der Waals surface area contributed by atoms with Crippen LogP contribution in [0.5, 0.6) is 17.4 Å². The predicted octanol–water partition coefficient (Wildman–Crippen LogP) is 2.55. The smallest absolute Gasteiger partial charge is 0.232 e. The van der Waals surface area contributed by atoms with Gasteiger partial charge in [-0.3, -0.25) is 0 Å². The van der Waals surface area contributed by atoms with Gasteiger partial charge in [-0.2, -0.15) is 5.26 Å². The number of nitriles is 1. The molecule has 0 bridgehead atoms. The molecule has 0 radical (unpaired) electrons. The minimum absolute atomic E-state index is 0.346. The van der Waals surface area contributed by atoms with E-state index in [0.29, 0.717) is 22.9 Å². The third kappa shape index (κ3) is 1.88. The fourth-order valence-corrected chi connectivity index (χ4v) is 2.74. The Morgan fingerprint density at radius 3 is 2.38 bits per heavy atom. The normalized spacial score (nSPS) is 11.3. The number of hydrogen-bond donors (Lipinski definition) is 0. The Labute approximate surface area is 122 Å². The first-order valence-corrected chi connectivity index (χ1v) is 6.44. The van der Waals surface area contributed by atoms with Gasteiger partial charge in [-0.1, -0.05) is 0 Å². The first-order chi connectivity index (χ1) is 10.2. The number of hydrogen-bond acceptors (Lipinski definition) is 5. The largest absolute Gasteiger partial charge is 0.493 e. The Kier molecular flexibility index (Phi) is 3.15. The Morgan fingerprint density at radius 2 is 1.76 bits per heavy atom. The highest BCUT2D eigenvalue weighted by Gasteiger charge is 2.27. The van der Waals surface area contributed by atoms with Crippen LogP contribution in [-0.2, 0) is 6.42 Å². The zero-order chi connectivity index (χ0) is 15.0. The maximum Gasteiger partial charge on any atom is 0.232 e. The van der Waals surface area contributed by atoms with Crippen molar-refractivity contribution in [1.29, 1.82) is 5.26 Å². The molecule has 1 aromatic carbocycles. The Balaban J connectivity index is 2.28. The second kappa shape index (κ2) is 4.98. The molecule has 106 valence electrons. The van der Waals surface area contributed by atoms with Gasteiger partial charge in [0.25, 0.3) is 0 Å². The minimum atomic E-state index is 0.346. The maximum atomic E-state index is 9.44. The molecule has 0 saturated carbocycles. The predicted molar refractivity (Wildman–Crippen MR) is 76.9 cm³/mol. The summed E-state index contributed by atoms with van der Waals surface area (Å²) in [7, 11) is 4.72. The van der Waals surface area contributed by atoms with Crippen LogP contribution in [0.25, 0.3) is 11.1 Å². The quantitative estimate of drug-likeness (QED) is 0.738. The SMILES string of the molecule is COc1cc2c(cc1OC)-c1c(cnc(OC)c1C#N)C2. The van der Waals surface area contributed by atoms with Crippen molar-refractivity contribution in [2.24, 2.45) is 0 Å². The van der Waals surface area contributed by atoms with Crippen LogP contribution in [0, 0.1) is 11.3 Å². The number of ether oxygens (including phenoxy) is 3. The molecule has 0 unspecified atom stereocenters. The van der Waals surface area contributed by atoms with E-state index in [1.807, 2.05) is 12.1 Å². The van der Waals surface area contributed by atoms with Crippen molar-refractivity contribution in [3.63, 3.8) is 0 Å². The molecule has 1 aliphatic carbocycles. The van der Waals surface area contributed by atoms with E-state index in [-0.39, 0.29) is 0 Å². The summed E-state index contributed by atoms with van der Waals surface area (Å²) in [5.74, 6) is 1.67. The van der Waals surface area contributed by atoms with Crippen LogP contribution in [0.2, 0.25) is 0 Å². The number of pyridine rings is 1. The number of aromatic nitrogens is 1. The van der Waals surface area contributed by atoms with Crippen molar-refractivity contribution < 1.29 is 14.2 Å². The highest BCUT2D eigenvalue weighted by atomic mass is 16.5. The van der Waals surface area contributed by atoms with E-state index in [0.717, 1.165) is 28.7 Å². The van der Waals surface area contributed by atoms with Crippen molar-refractivity contribution in [3.8, 4) is 34.6 Å². The fraction of sp³-hybridized carbons (Fsp3) is 0.250. The molecule has 1 aromatic heterocycles. The molecule has 0 aliphatic heterocycles. The van der Waals surface area contributed by atoms with Crippen molar-refractivity contribution in [3.05, 3.63) is 35.0 Å². The van der Waals surface area contributed by atoms with Crippen molar-refractivity contribution in [2.45, 2.75) is 6.42 Å². The van der Waals surface area contributed by atoms with Gasteiger partial charge < -0.3 is 14.2 Å². The van der Waals surface area contributed by atoms with Gasteiger partial charge in [-0.05, 0) is 28.8 Å². The number of rotatable bonds is 3. The topological polar surface area (TPSA) is 64.4 Å². The molecule has 0 atom stereocenters. The number of nitrogens with zero attached hydrogens (tertiary/aromatic N) is 2. The van der Waals surface area contributed by atoms with E-state index in [1.165, 1.54) is 7.11 Å². The molecule has 0 saturated heterocycles. The maximum absolute atomic E-state index is 9.44. The van der Waals surface area contributed by atoms with Crippen molar-refractivity contribution in [2.75, 3.05) is 21.3 Å². The molecular formula is C16H14N2O3. The van der Waals surface area contributed by atoms with E-state index in [4.69, 9.17) is 14.2 Å². The van der Waals surface area contributed by atoms with E-state index >= 15 is 0 Å². The molecule has 5 heteroatoms. The number of methoxy groups -OCH3 is 3. The van der Waals surface area contributed by atoms with E-state index in [1.54, 1.807) is 20.4 Å². The Morgan fingerprint density at radius 1 is 1.05 bits per heavy atom. The number of benzene rings is 1. The van der Waals surface area contributed by atoms with E-state index in [2.05, 4.69) is 11.1 Å².